The van der Waals surface area contributed by atoms with Crippen LogP contribution in [0.2, 0.25) is 0 Å². The Morgan fingerprint density at radius 1 is 1.32 bits per heavy atom. The van der Waals surface area contributed by atoms with Crippen molar-refractivity contribution in [2.24, 2.45) is 0 Å². The van der Waals surface area contributed by atoms with Crippen LogP contribution in [0.4, 0.5) is 0 Å². The van der Waals surface area contributed by atoms with Gasteiger partial charge in [-0.15, -0.1) is 12.4 Å². The number of hydrogen-bond donors (Lipinski definition) is 2. The zero-order valence-electron chi connectivity index (χ0n) is 10.9. The number of hydrogen-bond acceptors (Lipinski definition) is 3. The maximum absolute atomic E-state index is 12.3. The first-order chi connectivity index (χ1) is 8.40. The molecule has 0 amide bonds. The molecule has 2 rings (SSSR count). The summed E-state index contributed by atoms with van der Waals surface area (Å²) in [6.45, 7) is 5.27. The number of halogens is 2. The van der Waals surface area contributed by atoms with Crippen molar-refractivity contribution < 1.29 is 8.42 Å². The fourth-order valence-corrected chi connectivity index (χ4v) is 4.12. The van der Waals surface area contributed by atoms with E-state index in [4.69, 9.17) is 0 Å². The molecule has 0 aromatic heterocycles. The van der Waals surface area contributed by atoms with Crippen molar-refractivity contribution in [3.63, 3.8) is 0 Å². The van der Waals surface area contributed by atoms with Crippen molar-refractivity contribution in [2.45, 2.75) is 31.2 Å². The summed E-state index contributed by atoms with van der Waals surface area (Å²) in [6.07, 6.45) is 0.841. The van der Waals surface area contributed by atoms with Gasteiger partial charge in [-0.05, 0) is 50.1 Å². The second-order valence-corrected chi connectivity index (χ2v) is 7.21. The Morgan fingerprint density at radius 2 is 2.00 bits per heavy atom. The highest BCUT2D eigenvalue weighted by molar-refractivity contribution is 9.10. The Balaban J connectivity index is 0.00000180. The van der Waals surface area contributed by atoms with E-state index in [2.05, 4.69) is 26.0 Å². The molecule has 1 aromatic rings. The molecule has 19 heavy (non-hydrogen) atoms. The number of sulfonamides is 1. The lowest BCUT2D eigenvalue weighted by molar-refractivity contribution is 0.559. The van der Waals surface area contributed by atoms with E-state index in [0.29, 0.717) is 11.4 Å². The zero-order chi connectivity index (χ0) is 13.3. The minimum atomic E-state index is -3.42. The van der Waals surface area contributed by atoms with Crippen LogP contribution < -0.4 is 10.0 Å². The Hall–Kier alpha value is -0.140. The van der Waals surface area contributed by atoms with Crippen LogP contribution in [0, 0.1) is 13.8 Å². The van der Waals surface area contributed by atoms with Crippen molar-refractivity contribution in [3.05, 3.63) is 27.7 Å². The number of rotatable bonds is 3. The van der Waals surface area contributed by atoms with Gasteiger partial charge in [-0.3, -0.25) is 0 Å². The molecule has 1 aromatic carbocycles. The van der Waals surface area contributed by atoms with Crippen molar-refractivity contribution in [2.75, 3.05) is 13.1 Å². The summed E-state index contributed by atoms with van der Waals surface area (Å²) >= 11 is 3.41. The summed E-state index contributed by atoms with van der Waals surface area (Å²) in [6, 6.07) is 3.55. The van der Waals surface area contributed by atoms with Gasteiger partial charge in [0.2, 0.25) is 10.0 Å². The minimum Gasteiger partial charge on any atom is -0.315 e. The van der Waals surface area contributed by atoms with E-state index in [9.17, 15) is 8.42 Å². The van der Waals surface area contributed by atoms with Gasteiger partial charge in [0.25, 0.3) is 0 Å². The summed E-state index contributed by atoms with van der Waals surface area (Å²) in [5, 5.41) is 3.15. The highest BCUT2D eigenvalue weighted by atomic mass is 79.9. The van der Waals surface area contributed by atoms with Crippen LogP contribution in [-0.4, -0.2) is 27.5 Å². The predicted molar refractivity (Wildman–Crippen MR) is 82.5 cm³/mol. The van der Waals surface area contributed by atoms with Crippen LogP contribution in [0.5, 0.6) is 0 Å². The first kappa shape index (κ1) is 16.9. The first-order valence-electron chi connectivity index (χ1n) is 5.90. The molecule has 1 aliphatic rings. The van der Waals surface area contributed by atoms with Gasteiger partial charge in [0.15, 0.2) is 0 Å². The Labute approximate surface area is 128 Å². The molecular weight excluding hydrogens is 352 g/mol. The molecule has 0 saturated carbocycles. The van der Waals surface area contributed by atoms with E-state index in [-0.39, 0.29) is 18.4 Å². The highest BCUT2D eigenvalue weighted by Gasteiger charge is 2.24. The van der Waals surface area contributed by atoms with Crippen molar-refractivity contribution in [1.82, 2.24) is 10.0 Å². The van der Waals surface area contributed by atoms with Crippen LogP contribution in [0.25, 0.3) is 0 Å². The summed E-state index contributed by atoms with van der Waals surface area (Å²) in [5.74, 6) is 0. The molecule has 0 bridgehead atoms. The standard InChI is InChI=1S/C12H17BrN2O2S.ClH/c1-8-6-12(9(2)5-11(8)13)18(16,17)15-10-3-4-14-7-10;/h5-6,10,14-15H,3-4,7H2,1-2H3;1H. The molecule has 1 heterocycles. The van der Waals surface area contributed by atoms with Gasteiger partial charge in [-0.1, -0.05) is 15.9 Å². The fourth-order valence-electron chi connectivity index (χ4n) is 2.08. The number of nitrogens with one attached hydrogen (secondary N) is 2. The molecule has 2 N–H and O–H groups in total. The summed E-state index contributed by atoms with van der Waals surface area (Å²) < 4.78 is 28.3. The average Bonchev–Trinajstić information content (AvgIpc) is 2.75. The lowest BCUT2D eigenvalue weighted by Crippen LogP contribution is -2.36. The third kappa shape index (κ3) is 3.92. The van der Waals surface area contributed by atoms with E-state index in [1.54, 1.807) is 6.07 Å². The fraction of sp³-hybridized carbons (Fsp3) is 0.500. The monoisotopic (exact) mass is 368 g/mol. The van der Waals surface area contributed by atoms with E-state index >= 15 is 0 Å². The van der Waals surface area contributed by atoms with Gasteiger partial charge in [0.05, 0.1) is 4.90 Å². The van der Waals surface area contributed by atoms with Gasteiger partial charge in [-0.2, -0.15) is 0 Å². The largest absolute Gasteiger partial charge is 0.315 e. The molecule has 1 fully saturated rings. The predicted octanol–water partition coefficient (Wildman–Crippen LogP) is 2.13. The topological polar surface area (TPSA) is 58.2 Å². The molecule has 0 aliphatic carbocycles. The molecule has 4 nitrogen and oxygen atoms in total. The number of benzene rings is 1. The van der Waals surface area contributed by atoms with Gasteiger partial charge in [0.1, 0.15) is 0 Å². The third-order valence-corrected chi connectivity index (χ3v) is 5.64. The average molecular weight is 370 g/mol. The summed E-state index contributed by atoms with van der Waals surface area (Å²) in [5.41, 5.74) is 1.68. The van der Waals surface area contributed by atoms with Gasteiger partial charge >= 0.3 is 0 Å². The van der Waals surface area contributed by atoms with Crippen LogP contribution in [-0.2, 0) is 10.0 Å². The first-order valence-corrected chi connectivity index (χ1v) is 8.17. The molecule has 1 aliphatic heterocycles. The summed E-state index contributed by atoms with van der Waals surface area (Å²) in [7, 11) is -3.42. The van der Waals surface area contributed by atoms with Crippen LogP contribution in [0.15, 0.2) is 21.5 Å². The van der Waals surface area contributed by atoms with E-state index in [1.807, 2.05) is 19.9 Å². The SMILES string of the molecule is Cc1cc(S(=O)(=O)NC2CCNC2)c(C)cc1Br.Cl. The highest BCUT2D eigenvalue weighted by Crippen LogP contribution is 2.24. The van der Waals surface area contributed by atoms with Crippen LogP contribution in [0.1, 0.15) is 17.5 Å². The van der Waals surface area contributed by atoms with E-state index in [1.165, 1.54) is 0 Å². The Kier molecular flexibility index (Phi) is 5.82. The zero-order valence-corrected chi connectivity index (χ0v) is 14.1. The van der Waals surface area contributed by atoms with Crippen molar-refractivity contribution >= 4 is 38.4 Å². The second kappa shape index (κ2) is 6.54. The molecule has 1 unspecified atom stereocenters. The molecule has 0 spiro atoms. The quantitative estimate of drug-likeness (QED) is 0.858. The lowest BCUT2D eigenvalue weighted by Gasteiger charge is -2.14. The maximum atomic E-state index is 12.3. The van der Waals surface area contributed by atoms with E-state index in [0.717, 1.165) is 28.6 Å². The molecule has 0 radical (unpaired) electrons. The van der Waals surface area contributed by atoms with Gasteiger partial charge < -0.3 is 5.32 Å². The second-order valence-electron chi connectivity index (χ2n) is 4.68. The van der Waals surface area contributed by atoms with Crippen molar-refractivity contribution in [3.8, 4) is 0 Å². The normalized spacial score (nSPS) is 19.2. The van der Waals surface area contributed by atoms with Crippen LogP contribution >= 0.6 is 28.3 Å². The smallest absolute Gasteiger partial charge is 0.241 e. The Morgan fingerprint density at radius 3 is 2.58 bits per heavy atom. The minimum absolute atomic E-state index is 0. The lowest BCUT2D eigenvalue weighted by atomic mass is 10.2. The maximum Gasteiger partial charge on any atom is 0.241 e. The van der Waals surface area contributed by atoms with Crippen LogP contribution in [0.3, 0.4) is 0 Å². The third-order valence-electron chi connectivity index (χ3n) is 3.13. The summed E-state index contributed by atoms with van der Waals surface area (Å²) in [4.78, 5) is 0.370. The van der Waals surface area contributed by atoms with Gasteiger partial charge in [0, 0.05) is 17.1 Å². The van der Waals surface area contributed by atoms with E-state index < -0.39 is 10.0 Å². The number of aryl methyl sites for hydroxylation is 2. The van der Waals surface area contributed by atoms with Gasteiger partial charge in [-0.25, -0.2) is 13.1 Å². The Bertz CT molecular complexity index is 557. The molecule has 108 valence electrons. The molecular formula is C12H18BrClN2O2S. The molecule has 1 atom stereocenters. The van der Waals surface area contributed by atoms with Crippen molar-refractivity contribution in [1.29, 1.82) is 0 Å². The molecule has 7 heteroatoms. The molecule has 1 saturated heterocycles.